The van der Waals surface area contributed by atoms with E-state index in [1.807, 2.05) is 77.5 Å². The molecule has 3 aromatic carbocycles. The predicted octanol–water partition coefficient (Wildman–Crippen LogP) is 6.50. The number of nitrogens with one attached hydrogen (secondary N) is 2. The minimum atomic E-state index is -0.170. The van der Waals surface area contributed by atoms with Gasteiger partial charge < -0.3 is 15.0 Å². The average molecular weight is 490 g/mol. The molecular formula is C30H27N5O2. The van der Waals surface area contributed by atoms with Gasteiger partial charge in [-0.2, -0.15) is 0 Å². The highest BCUT2D eigenvalue weighted by molar-refractivity contribution is 6.04. The highest BCUT2D eigenvalue weighted by atomic mass is 16.1. The molecule has 184 valence electrons. The number of carbonyl (C=O) groups excluding carboxylic acids is 2. The fourth-order valence-corrected chi connectivity index (χ4v) is 4.02. The molecule has 7 nitrogen and oxygen atoms in total. The van der Waals surface area contributed by atoms with Crippen LogP contribution in [0.15, 0.2) is 91.4 Å². The molecule has 0 spiro atoms. The van der Waals surface area contributed by atoms with Gasteiger partial charge in [0, 0.05) is 46.7 Å². The molecule has 5 aromatic rings. The molecule has 0 fully saturated rings. The van der Waals surface area contributed by atoms with Crippen molar-refractivity contribution in [2.75, 3.05) is 10.6 Å². The average Bonchev–Trinajstić information content (AvgIpc) is 3.38. The lowest BCUT2D eigenvalue weighted by atomic mass is 9.87. The van der Waals surface area contributed by atoms with Gasteiger partial charge in [0.25, 0.3) is 5.91 Å². The summed E-state index contributed by atoms with van der Waals surface area (Å²) in [6.45, 7) is 6.44. The fourth-order valence-electron chi connectivity index (χ4n) is 4.02. The lowest BCUT2D eigenvalue weighted by Gasteiger charge is -2.19. The molecule has 1 amide bonds. The number of aromatic nitrogens is 3. The normalized spacial score (nSPS) is 11.3. The van der Waals surface area contributed by atoms with Gasteiger partial charge in [0.2, 0.25) is 0 Å². The summed E-state index contributed by atoms with van der Waals surface area (Å²) in [5, 5.41) is 6.29. The zero-order valence-electron chi connectivity index (χ0n) is 20.9. The van der Waals surface area contributed by atoms with Gasteiger partial charge in [0.05, 0.1) is 5.69 Å². The van der Waals surface area contributed by atoms with Crippen LogP contribution in [0.2, 0.25) is 0 Å². The van der Waals surface area contributed by atoms with Crippen LogP contribution in [-0.4, -0.2) is 26.6 Å². The molecule has 0 radical (unpaired) electrons. The molecule has 37 heavy (non-hydrogen) atoms. The van der Waals surface area contributed by atoms with Crippen LogP contribution in [0.4, 0.5) is 17.2 Å². The number of amides is 1. The predicted molar refractivity (Wildman–Crippen MR) is 147 cm³/mol. The summed E-state index contributed by atoms with van der Waals surface area (Å²) in [6.07, 6.45) is 6.27. The van der Waals surface area contributed by atoms with Gasteiger partial charge in [0.1, 0.15) is 6.29 Å². The summed E-state index contributed by atoms with van der Waals surface area (Å²) in [5.41, 5.74) is 6.10. The molecule has 0 aliphatic heterocycles. The van der Waals surface area contributed by atoms with Gasteiger partial charge >= 0.3 is 0 Å². The summed E-state index contributed by atoms with van der Waals surface area (Å²) >= 11 is 0. The number of benzene rings is 3. The van der Waals surface area contributed by atoms with Gasteiger partial charge in [0.15, 0.2) is 11.5 Å². The van der Waals surface area contributed by atoms with Crippen LogP contribution in [0.1, 0.15) is 47.1 Å². The molecule has 2 aromatic heterocycles. The maximum absolute atomic E-state index is 12.9. The van der Waals surface area contributed by atoms with Gasteiger partial charge in [-0.3, -0.25) is 9.59 Å². The maximum atomic E-state index is 12.9. The van der Waals surface area contributed by atoms with Crippen LogP contribution in [-0.2, 0) is 5.41 Å². The highest BCUT2D eigenvalue weighted by Gasteiger charge is 2.15. The minimum absolute atomic E-state index is 0.0271. The van der Waals surface area contributed by atoms with Gasteiger partial charge in [-0.05, 0) is 59.5 Å². The number of hydrogen-bond acceptors (Lipinski definition) is 5. The highest BCUT2D eigenvalue weighted by Crippen LogP contribution is 2.27. The SMILES string of the molecule is CC(C)(C)c1ccc(C(=O)Nc2cccc(-c3cn4ccnc4c(Nc4ccc(C=O)cc4)n3)c2)cc1. The van der Waals surface area contributed by atoms with Crippen molar-refractivity contribution < 1.29 is 9.59 Å². The van der Waals surface area contributed by atoms with Crippen LogP contribution in [0.25, 0.3) is 16.9 Å². The van der Waals surface area contributed by atoms with E-state index >= 15 is 0 Å². The Morgan fingerprint density at radius 2 is 1.70 bits per heavy atom. The number of fused-ring (bicyclic) bond motifs is 1. The molecule has 2 heterocycles. The molecule has 0 bridgehead atoms. The summed E-state index contributed by atoms with van der Waals surface area (Å²) in [5.74, 6) is 0.409. The molecule has 0 unspecified atom stereocenters. The van der Waals surface area contributed by atoms with Crippen LogP contribution in [0, 0.1) is 0 Å². The monoisotopic (exact) mass is 489 g/mol. The van der Waals surface area contributed by atoms with Gasteiger partial charge in [-0.15, -0.1) is 0 Å². The third kappa shape index (κ3) is 5.26. The lowest BCUT2D eigenvalue weighted by Crippen LogP contribution is -2.14. The van der Waals surface area contributed by atoms with Crippen LogP contribution in [0.5, 0.6) is 0 Å². The Balaban J connectivity index is 1.41. The summed E-state index contributed by atoms with van der Waals surface area (Å²) in [6, 6.07) is 22.4. The van der Waals surface area contributed by atoms with E-state index in [1.54, 1.807) is 18.3 Å². The van der Waals surface area contributed by atoms with E-state index in [1.165, 1.54) is 5.56 Å². The maximum Gasteiger partial charge on any atom is 0.255 e. The van der Waals surface area contributed by atoms with Crippen molar-refractivity contribution in [3.05, 3.63) is 108 Å². The van der Waals surface area contributed by atoms with Crippen molar-refractivity contribution in [2.45, 2.75) is 26.2 Å². The van der Waals surface area contributed by atoms with Gasteiger partial charge in [-0.25, -0.2) is 9.97 Å². The van der Waals surface area contributed by atoms with Crippen LogP contribution < -0.4 is 10.6 Å². The second-order valence-corrected chi connectivity index (χ2v) is 9.86. The fraction of sp³-hybridized carbons (Fsp3) is 0.133. The van der Waals surface area contributed by atoms with E-state index in [9.17, 15) is 9.59 Å². The first-order valence-electron chi connectivity index (χ1n) is 12.0. The lowest BCUT2D eigenvalue weighted by molar-refractivity contribution is 0.102. The van der Waals surface area contributed by atoms with Crippen LogP contribution in [0.3, 0.4) is 0 Å². The Kier molecular flexibility index (Phi) is 6.27. The standard InChI is InChI=1S/C30H27N5O2/c1-30(2,3)23-11-9-21(10-12-23)29(37)33-25-6-4-5-22(17-25)26-18-35-16-15-31-28(35)27(34-26)32-24-13-7-20(19-36)8-14-24/h4-19H,1-3H3,(H,32,34)(H,33,37). The quantitative estimate of drug-likeness (QED) is 0.266. The Hall–Kier alpha value is -4.78. The summed E-state index contributed by atoms with van der Waals surface area (Å²) in [4.78, 5) is 33.1. The van der Waals surface area contributed by atoms with Crippen molar-refractivity contribution in [1.82, 2.24) is 14.4 Å². The largest absolute Gasteiger partial charge is 0.337 e. The molecule has 0 aliphatic rings. The number of aldehydes is 1. The molecule has 0 atom stereocenters. The number of hydrogen-bond donors (Lipinski definition) is 2. The van der Waals surface area contributed by atoms with E-state index in [0.717, 1.165) is 17.5 Å². The Morgan fingerprint density at radius 1 is 0.946 bits per heavy atom. The van der Waals surface area contributed by atoms with Crippen molar-refractivity contribution in [2.24, 2.45) is 0 Å². The Bertz CT molecular complexity index is 1580. The van der Waals surface area contributed by atoms with E-state index in [-0.39, 0.29) is 11.3 Å². The minimum Gasteiger partial charge on any atom is -0.337 e. The zero-order valence-corrected chi connectivity index (χ0v) is 20.9. The molecular weight excluding hydrogens is 462 g/mol. The number of carbonyl (C=O) groups is 2. The molecule has 5 rings (SSSR count). The van der Waals surface area contributed by atoms with Crippen molar-refractivity contribution in [3.8, 4) is 11.3 Å². The number of anilines is 3. The van der Waals surface area contributed by atoms with Crippen molar-refractivity contribution in [3.63, 3.8) is 0 Å². The summed E-state index contributed by atoms with van der Waals surface area (Å²) < 4.78 is 1.90. The molecule has 7 heteroatoms. The topological polar surface area (TPSA) is 88.4 Å². The Morgan fingerprint density at radius 3 is 2.41 bits per heavy atom. The van der Waals surface area contributed by atoms with E-state index in [0.29, 0.717) is 34.0 Å². The summed E-state index contributed by atoms with van der Waals surface area (Å²) in [7, 11) is 0. The molecule has 0 saturated carbocycles. The van der Waals surface area contributed by atoms with Crippen molar-refractivity contribution in [1.29, 1.82) is 0 Å². The molecule has 2 N–H and O–H groups in total. The number of rotatable bonds is 6. The first kappa shape index (κ1) is 23.9. The second kappa shape index (κ2) is 9.70. The zero-order chi connectivity index (χ0) is 26.0. The van der Waals surface area contributed by atoms with Crippen molar-refractivity contribution >= 4 is 35.0 Å². The van der Waals surface area contributed by atoms with E-state index in [2.05, 4.69) is 36.4 Å². The third-order valence-corrected chi connectivity index (χ3v) is 6.11. The Labute approximate surface area is 215 Å². The molecule has 0 aliphatic carbocycles. The van der Waals surface area contributed by atoms with E-state index in [4.69, 9.17) is 4.98 Å². The second-order valence-electron chi connectivity index (χ2n) is 9.86. The number of imidazole rings is 1. The molecule has 0 saturated heterocycles. The first-order chi connectivity index (χ1) is 17.8. The first-order valence-corrected chi connectivity index (χ1v) is 12.0. The van der Waals surface area contributed by atoms with E-state index < -0.39 is 0 Å². The van der Waals surface area contributed by atoms with Gasteiger partial charge in [-0.1, -0.05) is 45.0 Å². The van der Waals surface area contributed by atoms with Crippen LogP contribution >= 0.6 is 0 Å². The third-order valence-electron chi connectivity index (χ3n) is 6.11. The smallest absolute Gasteiger partial charge is 0.255 e. The number of nitrogens with zero attached hydrogens (tertiary/aromatic N) is 3.